The largest absolute Gasteiger partial charge is 0.297 e. The maximum atomic E-state index is 11.3. The molecule has 72 valence electrons. The molecule has 0 spiro atoms. The minimum atomic E-state index is 0.0470. The smallest absolute Gasteiger partial charge is 0.178 e. The van der Waals surface area contributed by atoms with Crippen LogP contribution in [0.3, 0.4) is 0 Å². The average molecular weight is 188 g/mol. The highest BCUT2D eigenvalue weighted by Crippen LogP contribution is 2.10. The van der Waals surface area contributed by atoms with Gasteiger partial charge in [0.1, 0.15) is 11.3 Å². The number of hydrogen-bond acceptors (Lipinski definition) is 2. The maximum Gasteiger partial charge on any atom is 0.178 e. The third-order valence-electron chi connectivity index (χ3n) is 2.34. The maximum absolute atomic E-state index is 11.3. The Balaban J connectivity index is 2.69. The Morgan fingerprint density at radius 3 is 2.93 bits per heavy atom. The summed E-state index contributed by atoms with van der Waals surface area (Å²) >= 11 is 0. The number of rotatable bonds is 2. The quantitative estimate of drug-likeness (QED) is 0.676. The number of carbonyl (C=O) groups excluding carboxylic acids is 1. The lowest BCUT2D eigenvalue weighted by molar-refractivity contribution is 0.101. The summed E-state index contributed by atoms with van der Waals surface area (Å²) in [5.74, 6) is 0.0470. The predicted molar refractivity (Wildman–Crippen MR) is 54.6 cm³/mol. The Hall–Kier alpha value is -1.64. The molecule has 0 aromatic carbocycles. The molecule has 0 amide bonds. The molecular formula is C11H12N2O. The van der Waals surface area contributed by atoms with E-state index < -0.39 is 0 Å². The molecule has 3 heteroatoms. The summed E-state index contributed by atoms with van der Waals surface area (Å²) in [6, 6.07) is 3.97. The van der Waals surface area contributed by atoms with Crippen LogP contribution >= 0.6 is 0 Å². The van der Waals surface area contributed by atoms with E-state index in [0.29, 0.717) is 5.69 Å². The number of carbonyl (C=O) groups is 1. The van der Waals surface area contributed by atoms with Gasteiger partial charge in [-0.15, -0.1) is 0 Å². The normalized spacial score (nSPS) is 10.7. The van der Waals surface area contributed by atoms with Gasteiger partial charge in [-0.25, -0.2) is 4.98 Å². The standard InChI is InChI=1S/C11H12N2O/c1-3-9-4-5-11-12-6-10(8(2)14)13(11)7-9/h4-7H,3H2,1-2H3. The van der Waals surface area contributed by atoms with E-state index in [-0.39, 0.29) is 5.78 Å². The molecule has 3 nitrogen and oxygen atoms in total. The molecule has 2 rings (SSSR count). The van der Waals surface area contributed by atoms with Gasteiger partial charge in [0.15, 0.2) is 5.78 Å². The zero-order valence-corrected chi connectivity index (χ0v) is 8.32. The third kappa shape index (κ3) is 1.31. The molecule has 0 aliphatic rings. The number of Topliss-reactive ketones (excluding diaryl/α,β-unsaturated/α-hetero) is 1. The monoisotopic (exact) mass is 188 g/mol. The van der Waals surface area contributed by atoms with Crippen LogP contribution in [0.4, 0.5) is 0 Å². The molecule has 0 radical (unpaired) electrons. The van der Waals surface area contributed by atoms with Crippen molar-refractivity contribution in [1.29, 1.82) is 0 Å². The van der Waals surface area contributed by atoms with Gasteiger partial charge >= 0.3 is 0 Å². The summed E-state index contributed by atoms with van der Waals surface area (Å²) in [4.78, 5) is 15.4. The molecule has 14 heavy (non-hydrogen) atoms. The van der Waals surface area contributed by atoms with E-state index in [9.17, 15) is 4.79 Å². The fraction of sp³-hybridized carbons (Fsp3) is 0.273. The molecule has 0 aliphatic heterocycles. The first-order valence-electron chi connectivity index (χ1n) is 4.69. The Morgan fingerprint density at radius 1 is 1.50 bits per heavy atom. The van der Waals surface area contributed by atoms with Crippen LogP contribution in [-0.2, 0) is 6.42 Å². The van der Waals surface area contributed by atoms with Crippen molar-refractivity contribution >= 4 is 11.4 Å². The number of ketones is 1. The van der Waals surface area contributed by atoms with Crippen molar-refractivity contribution in [2.45, 2.75) is 20.3 Å². The second-order valence-corrected chi connectivity index (χ2v) is 3.32. The van der Waals surface area contributed by atoms with Gasteiger partial charge in [0.2, 0.25) is 0 Å². The minimum absolute atomic E-state index is 0.0470. The van der Waals surface area contributed by atoms with E-state index >= 15 is 0 Å². The Morgan fingerprint density at radius 2 is 2.29 bits per heavy atom. The Kier molecular flexibility index (Phi) is 2.08. The summed E-state index contributed by atoms with van der Waals surface area (Å²) in [5, 5.41) is 0. The van der Waals surface area contributed by atoms with Crippen molar-refractivity contribution in [1.82, 2.24) is 9.38 Å². The lowest BCUT2D eigenvalue weighted by Crippen LogP contribution is -1.99. The minimum Gasteiger partial charge on any atom is -0.297 e. The zero-order valence-electron chi connectivity index (χ0n) is 8.32. The topological polar surface area (TPSA) is 34.4 Å². The van der Waals surface area contributed by atoms with Crippen LogP contribution in [0, 0.1) is 0 Å². The fourth-order valence-corrected chi connectivity index (χ4v) is 1.49. The second-order valence-electron chi connectivity index (χ2n) is 3.32. The lowest BCUT2D eigenvalue weighted by atomic mass is 10.2. The van der Waals surface area contributed by atoms with Crippen LogP contribution in [0.5, 0.6) is 0 Å². The highest BCUT2D eigenvalue weighted by Gasteiger charge is 2.06. The summed E-state index contributed by atoms with van der Waals surface area (Å²) in [6.07, 6.45) is 4.56. The molecule has 0 saturated carbocycles. The molecular weight excluding hydrogens is 176 g/mol. The SMILES string of the molecule is CCc1ccc2ncc(C(C)=O)n2c1. The highest BCUT2D eigenvalue weighted by atomic mass is 16.1. The zero-order chi connectivity index (χ0) is 10.1. The van der Waals surface area contributed by atoms with E-state index in [1.807, 2.05) is 22.7 Å². The summed E-state index contributed by atoms with van der Waals surface area (Å²) in [5.41, 5.74) is 2.68. The molecule has 2 aromatic heterocycles. The van der Waals surface area contributed by atoms with Gasteiger partial charge in [-0.3, -0.25) is 9.20 Å². The summed E-state index contributed by atoms with van der Waals surface area (Å²) in [7, 11) is 0. The van der Waals surface area contributed by atoms with Gasteiger partial charge in [0.25, 0.3) is 0 Å². The molecule has 0 bridgehead atoms. The van der Waals surface area contributed by atoms with Crippen molar-refractivity contribution in [3.8, 4) is 0 Å². The van der Waals surface area contributed by atoms with Crippen molar-refractivity contribution in [2.24, 2.45) is 0 Å². The molecule has 2 heterocycles. The highest BCUT2D eigenvalue weighted by molar-refractivity contribution is 5.93. The van der Waals surface area contributed by atoms with Crippen molar-refractivity contribution in [3.05, 3.63) is 35.8 Å². The van der Waals surface area contributed by atoms with E-state index in [0.717, 1.165) is 12.1 Å². The lowest BCUT2D eigenvalue weighted by Gasteiger charge is -2.00. The van der Waals surface area contributed by atoms with Gasteiger partial charge in [0.05, 0.1) is 6.20 Å². The van der Waals surface area contributed by atoms with Crippen LogP contribution in [0.15, 0.2) is 24.5 Å². The summed E-state index contributed by atoms with van der Waals surface area (Å²) in [6.45, 7) is 3.65. The molecule has 0 unspecified atom stereocenters. The first kappa shape index (κ1) is 8.94. The molecule has 0 N–H and O–H groups in total. The van der Waals surface area contributed by atoms with Gasteiger partial charge in [0, 0.05) is 13.1 Å². The van der Waals surface area contributed by atoms with Crippen LogP contribution in [0.25, 0.3) is 5.65 Å². The first-order chi connectivity index (χ1) is 6.72. The summed E-state index contributed by atoms with van der Waals surface area (Å²) < 4.78 is 1.85. The van der Waals surface area contributed by atoms with Crippen molar-refractivity contribution in [2.75, 3.05) is 0 Å². The third-order valence-corrected chi connectivity index (χ3v) is 2.34. The van der Waals surface area contributed by atoms with Crippen molar-refractivity contribution < 1.29 is 4.79 Å². The van der Waals surface area contributed by atoms with Crippen LogP contribution in [-0.4, -0.2) is 15.2 Å². The van der Waals surface area contributed by atoms with Crippen LogP contribution < -0.4 is 0 Å². The molecule has 2 aromatic rings. The second kappa shape index (κ2) is 3.25. The van der Waals surface area contributed by atoms with Crippen molar-refractivity contribution in [3.63, 3.8) is 0 Å². The molecule has 0 aliphatic carbocycles. The van der Waals surface area contributed by atoms with Crippen LogP contribution in [0.2, 0.25) is 0 Å². The number of fused-ring (bicyclic) bond motifs is 1. The molecule has 0 atom stereocenters. The van der Waals surface area contributed by atoms with Crippen LogP contribution in [0.1, 0.15) is 29.9 Å². The molecule has 0 fully saturated rings. The van der Waals surface area contributed by atoms with Gasteiger partial charge in [-0.05, 0) is 18.1 Å². The van der Waals surface area contributed by atoms with E-state index in [2.05, 4.69) is 11.9 Å². The fourth-order valence-electron chi connectivity index (χ4n) is 1.49. The number of pyridine rings is 1. The Bertz CT molecular complexity index is 485. The van der Waals surface area contributed by atoms with E-state index in [1.54, 1.807) is 13.1 Å². The van der Waals surface area contributed by atoms with Gasteiger partial charge < -0.3 is 0 Å². The first-order valence-corrected chi connectivity index (χ1v) is 4.69. The number of aryl methyl sites for hydroxylation is 1. The number of nitrogens with zero attached hydrogens (tertiary/aromatic N) is 2. The average Bonchev–Trinajstić information content (AvgIpc) is 2.59. The number of imidazole rings is 1. The van der Waals surface area contributed by atoms with Gasteiger partial charge in [-0.1, -0.05) is 13.0 Å². The van der Waals surface area contributed by atoms with Gasteiger partial charge in [-0.2, -0.15) is 0 Å². The van der Waals surface area contributed by atoms with E-state index in [1.165, 1.54) is 5.56 Å². The Labute approximate surface area is 82.4 Å². The number of aromatic nitrogens is 2. The predicted octanol–water partition coefficient (Wildman–Crippen LogP) is 2.10. The molecule has 0 saturated heterocycles. The number of hydrogen-bond donors (Lipinski definition) is 0. The van der Waals surface area contributed by atoms with E-state index in [4.69, 9.17) is 0 Å².